The van der Waals surface area contributed by atoms with Crippen LogP contribution < -0.4 is 0 Å². The molecular formula is C17H26N2O4S. The van der Waals surface area contributed by atoms with Gasteiger partial charge >= 0.3 is 12.2 Å². The second-order valence-electron chi connectivity index (χ2n) is 5.71. The van der Waals surface area contributed by atoms with Crippen LogP contribution in [0.15, 0.2) is 37.0 Å². The highest BCUT2D eigenvalue weighted by Crippen LogP contribution is 2.24. The molecule has 1 rings (SSSR count). The molecule has 134 valence electrons. The first kappa shape index (κ1) is 20.2. The summed E-state index contributed by atoms with van der Waals surface area (Å²) in [6.07, 6.45) is 4.98. The highest BCUT2D eigenvalue weighted by atomic mass is 32.1. The molecule has 6 nitrogen and oxygen atoms in total. The summed E-state index contributed by atoms with van der Waals surface area (Å²) in [5.74, 6) is 0. The molecule has 0 bridgehead atoms. The van der Waals surface area contributed by atoms with Crippen molar-refractivity contribution < 1.29 is 19.1 Å². The molecular weight excluding hydrogens is 328 g/mol. The summed E-state index contributed by atoms with van der Waals surface area (Å²) in [5.41, 5.74) is 0.960. The smallest absolute Gasteiger partial charge is 0.410 e. The first-order valence-corrected chi connectivity index (χ1v) is 8.29. The lowest BCUT2D eigenvalue weighted by Gasteiger charge is -2.23. The van der Waals surface area contributed by atoms with Gasteiger partial charge in [0.2, 0.25) is 0 Å². The molecule has 2 atom stereocenters. The highest BCUT2D eigenvalue weighted by molar-refractivity contribution is 7.81. The van der Waals surface area contributed by atoms with E-state index >= 15 is 0 Å². The number of hydrogen-bond acceptors (Lipinski definition) is 5. The van der Waals surface area contributed by atoms with Crippen LogP contribution >= 0.6 is 12.6 Å². The van der Waals surface area contributed by atoms with Crippen LogP contribution in [-0.4, -0.2) is 66.6 Å². The van der Waals surface area contributed by atoms with Crippen LogP contribution in [0.5, 0.6) is 0 Å². The number of ether oxygens (including phenoxy) is 2. The third-order valence-electron chi connectivity index (χ3n) is 3.48. The summed E-state index contributed by atoms with van der Waals surface area (Å²) in [4.78, 5) is 27.0. The van der Waals surface area contributed by atoms with Gasteiger partial charge in [-0.15, -0.1) is 0 Å². The number of carbonyl (C=O) groups is 2. The van der Waals surface area contributed by atoms with Crippen LogP contribution in [0.1, 0.15) is 13.3 Å². The molecule has 1 fully saturated rings. The number of likely N-dealkylation sites (N-methyl/N-ethyl adjacent to an activating group) is 1. The van der Waals surface area contributed by atoms with Crippen LogP contribution in [0.3, 0.4) is 0 Å². The second-order valence-corrected chi connectivity index (χ2v) is 6.44. The summed E-state index contributed by atoms with van der Waals surface area (Å²) < 4.78 is 10.1. The van der Waals surface area contributed by atoms with E-state index in [1.54, 1.807) is 11.9 Å². The third-order valence-corrected chi connectivity index (χ3v) is 3.85. The number of carbonyl (C=O) groups excluding carboxylic acids is 2. The summed E-state index contributed by atoms with van der Waals surface area (Å²) in [6.45, 7) is 10.3. The van der Waals surface area contributed by atoms with Gasteiger partial charge in [-0.3, -0.25) is 0 Å². The van der Waals surface area contributed by atoms with Crippen molar-refractivity contribution in [2.75, 3.05) is 33.4 Å². The van der Waals surface area contributed by atoms with Crippen LogP contribution in [0, 0.1) is 0 Å². The standard InChI is InChI=1S/C17H26N2O4S/c1-5-7-22-16(20)18(4)11-13(3)9-14-10-15(24)12-19(14)17(21)23-8-6-2/h5-6,9,14-15,24H,1-2,7-8,10-12H2,3-4H3/b13-9-. The van der Waals surface area contributed by atoms with E-state index in [0.29, 0.717) is 13.1 Å². The van der Waals surface area contributed by atoms with Crippen molar-refractivity contribution in [3.8, 4) is 0 Å². The zero-order chi connectivity index (χ0) is 18.1. The number of nitrogens with zero attached hydrogens (tertiary/aromatic N) is 2. The Bertz CT molecular complexity index is 507. The molecule has 2 amide bonds. The predicted octanol–water partition coefficient (Wildman–Crippen LogP) is 2.88. The molecule has 0 aromatic rings. The lowest BCUT2D eigenvalue weighted by atomic mass is 10.1. The fourth-order valence-electron chi connectivity index (χ4n) is 2.48. The van der Waals surface area contributed by atoms with Crippen molar-refractivity contribution in [1.82, 2.24) is 9.80 Å². The SMILES string of the molecule is C=CCOC(=O)N(C)C/C(C)=C\C1CC(S)CN1C(=O)OCC=C. The molecule has 24 heavy (non-hydrogen) atoms. The van der Waals surface area contributed by atoms with Crippen molar-refractivity contribution in [3.05, 3.63) is 37.0 Å². The van der Waals surface area contributed by atoms with Gasteiger partial charge in [0.25, 0.3) is 0 Å². The topological polar surface area (TPSA) is 59.1 Å². The predicted molar refractivity (Wildman–Crippen MR) is 97.4 cm³/mol. The third kappa shape index (κ3) is 6.31. The maximum absolute atomic E-state index is 12.1. The lowest BCUT2D eigenvalue weighted by Crippen LogP contribution is -2.36. The first-order chi connectivity index (χ1) is 11.4. The fourth-order valence-corrected chi connectivity index (χ4v) is 2.88. The minimum Gasteiger partial charge on any atom is -0.445 e. The summed E-state index contributed by atoms with van der Waals surface area (Å²) >= 11 is 4.47. The number of thiol groups is 1. The number of hydrogen-bond donors (Lipinski definition) is 1. The quantitative estimate of drug-likeness (QED) is 0.564. The van der Waals surface area contributed by atoms with E-state index in [4.69, 9.17) is 9.47 Å². The Morgan fingerprint density at radius 2 is 1.92 bits per heavy atom. The Morgan fingerprint density at radius 1 is 1.29 bits per heavy atom. The average molecular weight is 354 g/mol. The monoisotopic (exact) mass is 354 g/mol. The molecule has 1 aliphatic heterocycles. The molecule has 7 heteroatoms. The van der Waals surface area contributed by atoms with Gasteiger partial charge in [-0.25, -0.2) is 9.59 Å². The summed E-state index contributed by atoms with van der Waals surface area (Å²) in [6, 6.07) is -0.0950. The molecule has 1 heterocycles. The van der Waals surface area contributed by atoms with Crippen molar-refractivity contribution >= 4 is 24.8 Å². The van der Waals surface area contributed by atoms with E-state index in [1.807, 2.05) is 13.0 Å². The molecule has 0 aromatic heterocycles. The zero-order valence-corrected chi connectivity index (χ0v) is 15.2. The van der Waals surface area contributed by atoms with E-state index in [-0.39, 0.29) is 30.6 Å². The Labute approximate surface area is 149 Å². The molecule has 0 aliphatic carbocycles. The van der Waals surface area contributed by atoms with E-state index in [2.05, 4.69) is 25.8 Å². The minimum absolute atomic E-state index is 0.0950. The van der Waals surface area contributed by atoms with E-state index in [0.717, 1.165) is 12.0 Å². The Kier molecular flexibility index (Phi) is 8.46. The Morgan fingerprint density at radius 3 is 2.54 bits per heavy atom. The fraction of sp³-hybridized carbons (Fsp3) is 0.529. The van der Waals surface area contributed by atoms with Crippen LogP contribution in [-0.2, 0) is 9.47 Å². The van der Waals surface area contributed by atoms with Gasteiger partial charge < -0.3 is 19.3 Å². The van der Waals surface area contributed by atoms with Gasteiger partial charge in [-0.2, -0.15) is 12.6 Å². The Hall–Kier alpha value is -1.89. The number of likely N-dealkylation sites (tertiary alicyclic amines) is 1. The lowest BCUT2D eigenvalue weighted by molar-refractivity contribution is 0.113. The van der Waals surface area contributed by atoms with Gasteiger partial charge in [0.15, 0.2) is 0 Å². The van der Waals surface area contributed by atoms with Crippen molar-refractivity contribution in [3.63, 3.8) is 0 Å². The number of amides is 2. The molecule has 0 N–H and O–H groups in total. The van der Waals surface area contributed by atoms with Crippen molar-refractivity contribution in [1.29, 1.82) is 0 Å². The largest absolute Gasteiger partial charge is 0.445 e. The maximum Gasteiger partial charge on any atom is 0.410 e. The van der Waals surface area contributed by atoms with Crippen LogP contribution in [0.4, 0.5) is 9.59 Å². The highest BCUT2D eigenvalue weighted by Gasteiger charge is 2.33. The maximum atomic E-state index is 12.1. The average Bonchev–Trinajstić information content (AvgIpc) is 2.90. The number of rotatable bonds is 7. The molecule has 0 spiro atoms. The minimum atomic E-state index is -0.414. The van der Waals surface area contributed by atoms with Crippen molar-refractivity contribution in [2.45, 2.75) is 24.6 Å². The van der Waals surface area contributed by atoms with Crippen molar-refractivity contribution in [2.24, 2.45) is 0 Å². The van der Waals surface area contributed by atoms with E-state index in [9.17, 15) is 9.59 Å². The van der Waals surface area contributed by atoms with E-state index < -0.39 is 6.09 Å². The molecule has 1 saturated heterocycles. The molecule has 0 aromatic carbocycles. The first-order valence-electron chi connectivity index (χ1n) is 7.77. The molecule has 2 unspecified atom stereocenters. The Balaban J connectivity index is 2.66. The van der Waals surface area contributed by atoms with Gasteiger partial charge in [0.05, 0.1) is 6.04 Å². The zero-order valence-electron chi connectivity index (χ0n) is 14.3. The summed E-state index contributed by atoms with van der Waals surface area (Å²) in [7, 11) is 1.66. The summed E-state index contributed by atoms with van der Waals surface area (Å²) in [5, 5.41) is 0.102. The van der Waals surface area contributed by atoms with E-state index in [1.165, 1.54) is 17.1 Å². The van der Waals surface area contributed by atoms with Gasteiger partial charge in [-0.1, -0.05) is 37.0 Å². The van der Waals surface area contributed by atoms with Crippen LogP contribution in [0.2, 0.25) is 0 Å². The molecule has 1 aliphatic rings. The van der Waals surface area contributed by atoms with Gasteiger partial charge in [-0.05, 0) is 13.3 Å². The molecule has 0 saturated carbocycles. The second kappa shape index (κ2) is 10.1. The van der Waals surface area contributed by atoms with Gasteiger partial charge in [0, 0.05) is 25.4 Å². The molecule has 0 radical (unpaired) electrons. The van der Waals surface area contributed by atoms with Gasteiger partial charge in [0.1, 0.15) is 13.2 Å². The normalized spacial score (nSPS) is 20.5. The van der Waals surface area contributed by atoms with Crippen LogP contribution in [0.25, 0.3) is 0 Å².